The zero-order valence-electron chi connectivity index (χ0n) is 8.45. The van der Waals surface area contributed by atoms with Gasteiger partial charge in [0.25, 0.3) is 0 Å². The molecule has 0 radical (unpaired) electrons. The topological polar surface area (TPSA) is 43.8 Å². The van der Waals surface area contributed by atoms with Gasteiger partial charge in [-0.15, -0.1) is 0 Å². The van der Waals surface area contributed by atoms with Gasteiger partial charge in [-0.1, -0.05) is 12.8 Å². The van der Waals surface area contributed by atoms with E-state index in [1.807, 2.05) is 6.20 Å². The molecule has 0 aliphatic heterocycles. The van der Waals surface area contributed by atoms with E-state index in [-0.39, 0.29) is 0 Å². The van der Waals surface area contributed by atoms with Crippen LogP contribution < -0.4 is 5.73 Å². The van der Waals surface area contributed by atoms with Crippen LogP contribution in [0.1, 0.15) is 56.2 Å². The summed E-state index contributed by atoms with van der Waals surface area (Å²) in [7, 11) is 0. The minimum Gasteiger partial charge on any atom is -0.369 e. The fraction of sp³-hybridized carbons (Fsp3) is 0.727. The molecule has 14 heavy (non-hydrogen) atoms. The summed E-state index contributed by atoms with van der Waals surface area (Å²) in [6.45, 7) is 0. The van der Waals surface area contributed by atoms with E-state index in [2.05, 4.69) is 9.55 Å². The highest BCUT2D eigenvalue weighted by molar-refractivity contribution is 5.28. The Morgan fingerprint density at radius 2 is 1.93 bits per heavy atom. The van der Waals surface area contributed by atoms with Gasteiger partial charge in [-0.25, -0.2) is 4.98 Å². The van der Waals surface area contributed by atoms with Crippen LogP contribution in [0.25, 0.3) is 0 Å². The second kappa shape index (κ2) is 3.01. The van der Waals surface area contributed by atoms with Gasteiger partial charge in [-0.05, 0) is 25.7 Å². The predicted octanol–water partition coefficient (Wildman–Crippen LogP) is 2.46. The number of rotatable bonds is 2. The number of nitrogens with two attached hydrogens (primary N) is 1. The average Bonchev–Trinajstić information content (AvgIpc) is 2.75. The Kier molecular flexibility index (Phi) is 1.79. The van der Waals surface area contributed by atoms with Gasteiger partial charge in [0.2, 0.25) is 5.95 Å². The molecule has 0 bridgehead atoms. The van der Waals surface area contributed by atoms with Crippen molar-refractivity contribution in [1.82, 2.24) is 9.55 Å². The molecular formula is C11H17N3. The highest BCUT2D eigenvalue weighted by Crippen LogP contribution is 2.42. The van der Waals surface area contributed by atoms with Crippen molar-refractivity contribution < 1.29 is 0 Å². The molecular weight excluding hydrogens is 174 g/mol. The van der Waals surface area contributed by atoms with Crippen LogP contribution in [0.5, 0.6) is 0 Å². The summed E-state index contributed by atoms with van der Waals surface area (Å²) in [6, 6.07) is 0.674. The number of nitrogen functional groups attached to an aromatic ring is 1. The third-order valence-electron chi connectivity index (χ3n) is 3.54. The number of imidazole rings is 1. The van der Waals surface area contributed by atoms with Crippen LogP contribution in [-0.4, -0.2) is 9.55 Å². The maximum atomic E-state index is 5.90. The highest BCUT2D eigenvalue weighted by atomic mass is 15.2. The smallest absolute Gasteiger partial charge is 0.200 e. The van der Waals surface area contributed by atoms with Crippen molar-refractivity contribution in [2.45, 2.75) is 50.5 Å². The quantitative estimate of drug-likeness (QED) is 0.780. The summed E-state index contributed by atoms with van der Waals surface area (Å²) in [4.78, 5) is 4.26. The molecule has 0 amide bonds. The SMILES string of the molecule is Nc1ncc(C2CCCC2)n1C1CC1. The van der Waals surface area contributed by atoms with Crippen molar-refractivity contribution >= 4 is 5.95 Å². The average molecular weight is 191 g/mol. The number of aromatic nitrogens is 2. The first-order valence-electron chi connectivity index (χ1n) is 5.69. The van der Waals surface area contributed by atoms with Crippen LogP contribution in [0.3, 0.4) is 0 Å². The first kappa shape index (κ1) is 8.33. The summed E-state index contributed by atoms with van der Waals surface area (Å²) >= 11 is 0. The van der Waals surface area contributed by atoms with Gasteiger partial charge in [0.05, 0.1) is 6.20 Å². The van der Waals surface area contributed by atoms with Gasteiger partial charge in [0.1, 0.15) is 0 Å². The molecule has 0 unspecified atom stereocenters. The third kappa shape index (κ3) is 1.22. The van der Waals surface area contributed by atoms with E-state index >= 15 is 0 Å². The van der Waals surface area contributed by atoms with E-state index in [1.54, 1.807) is 0 Å². The van der Waals surface area contributed by atoms with Crippen molar-refractivity contribution in [1.29, 1.82) is 0 Å². The molecule has 76 valence electrons. The molecule has 3 rings (SSSR count). The number of hydrogen-bond acceptors (Lipinski definition) is 2. The molecule has 2 aliphatic carbocycles. The van der Waals surface area contributed by atoms with Crippen LogP contribution >= 0.6 is 0 Å². The van der Waals surface area contributed by atoms with E-state index in [0.29, 0.717) is 6.04 Å². The largest absolute Gasteiger partial charge is 0.369 e. The Morgan fingerprint density at radius 1 is 1.21 bits per heavy atom. The molecule has 1 aromatic rings. The molecule has 0 saturated heterocycles. The van der Waals surface area contributed by atoms with E-state index in [9.17, 15) is 0 Å². The Hall–Kier alpha value is -0.990. The van der Waals surface area contributed by atoms with Crippen LogP contribution in [0, 0.1) is 0 Å². The van der Waals surface area contributed by atoms with Crippen molar-refractivity contribution in [2.24, 2.45) is 0 Å². The lowest BCUT2D eigenvalue weighted by Crippen LogP contribution is -2.07. The molecule has 2 fully saturated rings. The van der Waals surface area contributed by atoms with Crippen molar-refractivity contribution in [3.8, 4) is 0 Å². The van der Waals surface area contributed by atoms with E-state index < -0.39 is 0 Å². The van der Waals surface area contributed by atoms with Crippen LogP contribution in [0.15, 0.2) is 6.20 Å². The van der Waals surface area contributed by atoms with Gasteiger partial charge in [-0.2, -0.15) is 0 Å². The van der Waals surface area contributed by atoms with Crippen LogP contribution in [0.2, 0.25) is 0 Å². The highest BCUT2D eigenvalue weighted by Gasteiger charge is 2.31. The van der Waals surface area contributed by atoms with Crippen molar-refractivity contribution in [2.75, 3.05) is 5.73 Å². The van der Waals surface area contributed by atoms with E-state index in [0.717, 1.165) is 11.9 Å². The maximum absolute atomic E-state index is 5.90. The Labute approximate surface area is 84.3 Å². The van der Waals surface area contributed by atoms with E-state index in [1.165, 1.54) is 44.2 Å². The summed E-state index contributed by atoms with van der Waals surface area (Å²) < 4.78 is 2.29. The monoisotopic (exact) mass is 191 g/mol. The number of nitrogens with zero attached hydrogens (tertiary/aromatic N) is 2. The lowest BCUT2D eigenvalue weighted by Gasteiger charge is -2.13. The summed E-state index contributed by atoms with van der Waals surface area (Å²) in [5.41, 5.74) is 7.31. The molecule has 2 aliphatic rings. The minimum atomic E-state index is 0.674. The lowest BCUT2D eigenvalue weighted by molar-refractivity contribution is 0.616. The van der Waals surface area contributed by atoms with Crippen molar-refractivity contribution in [3.63, 3.8) is 0 Å². The van der Waals surface area contributed by atoms with Crippen molar-refractivity contribution in [3.05, 3.63) is 11.9 Å². The second-order valence-electron chi connectivity index (χ2n) is 4.62. The zero-order chi connectivity index (χ0) is 9.54. The molecule has 0 spiro atoms. The Morgan fingerprint density at radius 3 is 2.57 bits per heavy atom. The summed E-state index contributed by atoms with van der Waals surface area (Å²) in [5.74, 6) is 1.47. The molecule has 3 heteroatoms. The fourth-order valence-corrected chi connectivity index (χ4v) is 2.64. The summed E-state index contributed by atoms with van der Waals surface area (Å²) in [5, 5.41) is 0. The molecule has 2 N–H and O–H groups in total. The lowest BCUT2D eigenvalue weighted by atomic mass is 10.0. The molecule has 1 heterocycles. The predicted molar refractivity (Wildman–Crippen MR) is 56.1 cm³/mol. The third-order valence-corrected chi connectivity index (χ3v) is 3.54. The normalized spacial score (nSPS) is 23.1. The van der Waals surface area contributed by atoms with Crippen LogP contribution in [-0.2, 0) is 0 Å². The summed E-state index contributed by atoms with van der Waals surface area (Å²) in [6.07, 6.45) is 10.0. The van der Waals surface area contributed by atoms with Crippen LogP contribution in [0.4, 0.5) is 5.95 Å². The molecule has 1 aromatic heterocycles. The Bertz CT molecular complexity index is 332. The first-order chi connectivity index (χ1) is 6.86. The van der Waals surface area contributed by atoms with Gasteiger partial charge < -0.3 is 10.3 Å². The molecule has 3 nitrogen and oxygen atoms in total. The molecule has 2 saturated carbocycles. The fourth-order valence-electron chi connectivity index (χ4n) is 2.64. The standard InChI is InChI=1S/C11H17N3/c12-11-13-7-10(8-3-1-2-4-8)14(11)9-5-6-9/h7-9H,1-6H2,(H2,12,13). The number of hydrogen-bond donors (Lipinski definition) is 1. The maximum Gasteiger partial charge on any atom is 0.200 e. The first-order valence-corrected chi connectivity index (χ1v) is 5.69. The Balaban J connectivity index is 1.95. The van der Waals surface area contributed by atoms with E-state index in [4.69, 9.17) is 5.73 Å². The van der Waals surface area contributed by atoms with Gasteiger partial charge in [-0.3, -0.25) is 0 Å². The van der Waals surface area contributed by atoms with Gasteiger partial charge >= 0.3 is 0 Å². The second-order valence-corrected chi connectivity index (χ2v) is 4.62. The van der Waals surface area contributed by atoms with Gasteiger partial charge in [0, 0.05) is 17.7 Å². The molecule has 0 atom stereocenters. The van der Waals surface area contributed by atoms with Gasteiger partial charge in [0.15, 0.2) is 0 Å². The molecule has 0 aromatic carbocycles. The zero-order valence-corrected chi connectivity index (χ0v) is 8.45. The minimum absolute atomic E-state index is 0.674. The number of anilines is 1.